The number of hydrogen-bond acceptors (Lipinski definition) is 2. The Hall–Kier alpha value is -2.10. The van der Waals surface area contributed by atoms with Crippen molar-refractivity contribution in [2.24, 2.45) is 0 Å². The van der Waals surface area contributed by atoms with Crippen molar-refractivity contribution in [1.29, 1.82) is 0 Å². The third kappa shape index (κ3) is 3.44. The van der Waals surface area contributed by atoms with Gasteiger partial charge in [-0.2, -0.15) is 0 Å². The summed E-state index contributed by atoms with van der Waals surface area (Å²) in [4.78, 5) is 25.5. The molecule has 100 valence electrons. The molecule has 0 aromatic heterocycles. The third-order valence-corrected chi connectivity index (χ3v) is 3.12. The second-order valence-corrected chi connectivity index (χ2v) is 4.60. The molecule has 1 aromatic rings. The van der Waals surface area contributed by atoms with Gasteiger partial charge in [0.15, 0.2) is 0 Å². The molecule has 2 amide bonds. The van der Waals surface area contributed by atoms with Gasteiger partial charge in [0.05, 0.1) is 6.54 Å². The molecule has 1 saturated heterocycles. The Morgan fingerprint density at radius 2 is 2.05 bits per heavy atom. The molecule has 1 N–H and O–H groups in total. The summed E-state index contributed by atoms with van der Waals surface area (Å²) in [6.07, 6.45) is 4.31. The van der Waals surface area contributed by atoms with Gasteiger partial charge >= 0.3 is 0 Å². The van der Waals surface area contributed by atoms with E-state index in [1.165, 1.54) is 0 Å². The molecule has 1 atom stereocenters. The summed E-state index contributed by atoms with van der Waals surface area (Å²) in [7, 11) is 0. The quantitative estimate of drug-likeness (QED) is 0.823. The van der Waals surface area contributed by atoms with E-state index in [-0.39, 0.29) is 18.4 Å². The summed E-state index contributed by atoms with van der Waals surface area (Å²) in [5.41, 5.74) is 1.05. The lowest BCUT2D eigenvalue weighted by Crippen LogP contribution is -2.58. The molecule has 0 saturated carbocycles. The summed E-state index contributed by atoms with van der Waals surface area (Å²) < 4.78 is 0. The highest BCUT2D eigenvalue weighted by Gasteiger charge is 2.31. The molecule has 1 heterocycles. The average molecular weight is 258 g/mol. The van der Waals surface area contributed by atoms with Crippen molar-refractivity contribution in [3.63, 3.8) is 0 Å². The van der Waals surface area contributed by atoms with Crippen LogP contribution in [0.25, 0.3) is 0 Å². The highest BCUT2D eigenvalue weighted by Crippen LogP contribution is 2.09. The van der Waals surface area contributed by atoms with Gasteiger partial charge in [-0.1, -0.05) is 42.5 Å². The fourth-order valence-electron chi connectivity index (χ4n) is 2.15. The summed E-state index contributed by atoms with van der Waals surface area (Å²) >= 11 is 0. The number of carbonyl (C=O) groups is 2. The van der Waals surface area contributed by atoms with Crippen molar-refractivity contribution in [3.8, 4) is 0 Å². The number of nitrogens with zero attached hydrogens (tertiary/aromatic N) is 1. The van der Waals surface area contributed by atoms with Crippen LogP contribution in [-0.4, -0.2) is 35.8 Å². The van der Waals surface area contributed by atoms with Crippen molar-refractivity contribution in [1.82, 2.24) is 10.2 Å². The maximum Gasteiger partial charge on any atom is 0.246 e. The summed E-state index contributed by atoms with van der Waals surface area (Å²) in [6.45, 7) is 2.54. The average Bonchev–Trinajstić information content (AvgIpc) is 2.42. The van der Waals surface area contributed by atoms with Crippen LogP contribution in [0.4, 0.5) is 0 Å². The minimum absolute atomic E-state index is 0.0125. The number of rotatable bonds is 4. The molecule has 1 aliphatic heterocycles. The van der Waals surface area contributed by atoms with Gasteiger partial charge in [-0.3, -0.25) is 9.59 Å². The molecule has 1 unspecified atom stereocenters. The van der Waals surface area contributed by atoms with Crippen molar-refractivity contribution >= 4 is 11.8 Å². The standard InChI is InChI=1S/C15H18N2O2/c1-2-3-9-17-11-14(18)16-13(15(17)19)10-12-7-5-4-6-8-12/h2-8,13H,9-11H2,1H3,(H,16,18)/b3-2+. The fraction of sp³-hybridized carbons (Fsp3) is 0.333. The molecule has 0 spiro atoms. The van der Waals surface area contributed by atoms with Gasteiger partial charge in [0, 0.05) is 13.0 Å². The minimum Gasteiger partial charge on any atom is -0.342 e. The zero-order valence-corrected chi connectivity index (χ0v) is 11.0. The number of piperazine rings is 1. The number of amides is 2. The van der Waals surface area contributed by atoms with Gasteiger partial charge in [0.25, 0.3) is 0 Å². The fourth-order valence-corrected chi connectivity index (χ4v) is 2.15. The van der Waals surface area contributed by atoms with Crippen molar-refractivity contribution in [3.05, 3.63) is 48.0 Å². The number of allylic oxidation sites excluding steroid dienone is 1. The van der Waals surface area contributed by atoms with Gasteiger partial charge in [0.2, 0.25) is 11.8 Å². The second kappa shape index (κ2) is 6.18. The molecule has 1 aromatic carbocycles. The van der Waals surface area contributed by atoms with E-state index < -0.39 is 6.04 Å². The highest BCUT2D eigenvalue weighted by atomic mass is 16.2. The normalized spacial score (nSPS) is 19.8. The van der Waals surface area contributed by atoms with Crippen LogP contribution in [0, 0.1) is 0 Å². The van der Waals surface area contributed by atoms with E-state index >= 15 is 0 Å². The zero-order chi connectivity index (χ0) is 13.7. The SMILES string of the molecule is C/C=C/CN1CC(=O)NC(Cc2ccccc2)C1=O. The van der Waals surface area contributed by atoms with Crippen LogP contribution in [0.15, 0.2) is 42.5 Å². The van der Waals surface area contributed by atoms with E-state index in [0.29, 0.717) is 13.0 Å². The van der Waals surface area contributed by atoms with Crippen LogP contribution in [0.1, 0.15) is 12.5 Å². The minimum atomic E-state index is -0.450. The lowest BCUT2D eigenvalue weighted by atomic mass is 10.0. The predicted molar refractivity (Wildman–Crippen MR) is 73.5 cm³/mol. The topological polar surface area (TPSA) is 49.4 Å². The molecule has 4 heteroatoms. The van der Waals surface area contributed by atoms with Gasteiger partial charge in [-0.15, -0.1) is 0 Å². The van der Waals surface area contributed by atoms with E-state index in [4.69, 9.17) is 0 Å². The van der Waals surface area contributed by atoms with E-state index in [9.17, 15) is 9.59 Å². The second-order valence-electron chi connectivity index (χ2n) is 4.60. The number of benzene rings is 1. The molecule has 0 bridgehead atoms. The summed E-state index contributed by atoms with van der Waals surface area (Å²) in [5, 5.41) is 2.77. The van der Waals surface area contributed by atoms with Gasteiger partial charge < -0.3 is 10.2 Å². The molecular weight excluding hydrogens is 240 g/mol. The molecular formula is C15H18N2O2. The first kappa shape index (κ1) is 13.3. The van der Waals surface area contributed by atoms with Crippen molar-refractivity contribution in [2.75, 3.05) is 13.1 Å². The van der Waals surface area contributed by atoms with Crippen LogP contribution in [-0.2, 0) is 16.0 Å². The van der Waals surface area contributed by atoms with Crippen molar-refractivity contribution < 1.29 is 9.59 Å². The monoisotopic (exact) mass is 258 g/mol. The highest BCUT2D eigenvalue weighted by molar-refractivity contribution is 5.95. The van der Waals surface area contributed by atoms with Crippen LogP contribution in [0.3, 0.4) is 0 Å². The Balaban J connectivity index is 2.07. The maximum atomic E-state index is 12.3. The first-order chi connectivity index (χ1) is 9.20. The maximum absolute atomic E-state index is 12.3. The summed E-state index contributed by atoms with van der Waals surface area (Å²) in [6, 6.07) is 9.27. The van der Waals surface area contributed by atoms with Crippen LogP contribution in [0.5, 0.6) is 0 Å². The lowest BCUT2D eigenvalue weighted by Gasteiger charge is -2.31. The van der Waals surface area contributed by atoms with Gasteiger partial charge in [-0.25, -0.2) is 0 Å². The Bertz CT molecular complexity index is 482. The smallest absolute Gasteiger partial charge is 0.246 e. The first-order valence-electron chi connectivity index (χ1n) is 6.44. The summed E-state index contributed by atoms with van der Waals surface area (Å²) in [5.74, 6) is -0.105. The van der Waals surface area contributed by atoms with Crippen molar-refractivity contribution in [2.45, 2.75) is 19.4 Å². The van der Waals surface area contributed by atoms with E-state index in [2.05, 4.69) is 5.32 Å². The molecule has 0 radical (unpaired) electrons. The largest absolute Gasteiger partial charge is 0.342 e. The zero-order valence-electron chi connectivity index (χ0n) is 11.0. The Labute approximate surface area is 113 Å². The predicted octanol–water partition coefficient (Wildman–Crippen LogP) is 1.13. The molecule has 2 rings (SSSR count). The van der Waals surface area contributed by atoms with E-state index in [1.54, 1.807) is 4.90 Å². The molecule has 0 aliphatic carbocycles. The molecule has 19 heavy (non-hydrogen) atoms. The van der Waals surface area contributed by atoms with E-state index in [1.807, 2.05) is 49.4 Å². The number of nitrogens with one attached hydrogen (secondary N) is 1. The first-order valence-corrected chi connectivity index (χ1v) is 6.44. The molecule has 4 nitrogen and oxygen atoms in total. The molecule has 1 aliphatic rings. The number of hydrogen-bond donors (Lipinski definition) is 1. The number of carbonyl (C=O) groups excluding carboxylic acids is 2. The van der Waals surface area contributed by atoms with E-state index in [0.717, 1.165) is 5.56 Å². The van der Waals surface area contributed by atoms with Crippen LogP contribution in [0.2, 0.25) is 0 Å². The third-order valence-electron chi connectivity index (χ3n) is 3.12. The Morgan fingerprint density at radius 1 is 1.32 bits per heavy atom. The lowest BCUT2D eigenvalue weighted by molar-refractivity contribution is -0.143. The Kier molecular flexibility index (Phi) is 4.34. The van der Waals surface area contributed by atoms with Gasteiger partial charge in [-0.05, 0) is 12.5 Å². The van der Waals surface area contributed by atoms with Gasteiger partial charge in [0.1, 0.15) is 6.04 Å². The Morgan fingerprint density at radius 3 is 2.74 bits per heavy atom. The van der Waals surface area contributed by atoms with Crippen LogP contribution >= 0.6 is 0 Å². The molecule has 1 fully saturated rings. The van der Waals surface area contributed by atoms with Crippen LogP contribution < -0.4 is 5.32 Å².